The second-order valence-corrected chi connectivity index (χ2v) is 7.95. The van der Waals surface area contributed by atoms with Crippen LogP contribution in [-0.4, -0.2) is 26.3 Å². The molecular formula is C20H19FN2O4S. The summed E-state index contributed by atoms with van der Waals surface area (Å²) in [5.74, 6) is -0.230. The molecule has 3 rings (SSSR count). The summed E-state index contributed by atoms with van der Waals surface area (Å²) in [6.45, 7) is 0.137. The summed E-state index contributed by atoms with van der Waals surface area (Å²) < 4.78 is 45.9. The smallest absolute Gasteiger partial charge is 0.253 e. The summed E-state index contributed by atoms with van der Waals surface area (Å²) in [6, 6.07) is 15.1. The van der Waals surface area contributed by atoms with Gasteiger partial charge in [0.05, 0.1) is 17.7 Å². The summed E-state index contributed by atoms with van der Waals surface area (Å²) in [7, 11) is -2.18. The van der Waals surface area contributed by atoms with Crippen molar-refractivity contribution in [1.29, 1.82) is 0 Å². The molecule has 146 valence electrons. The molecule has 0 atom stereocenters. The first-order valence-electron chi connectivity index (χ1n) is 8.48. The number of carbonyl (C=O) groups is 1. The van der Waals surface area contributed by atoms with Gasteiger partial charge in [-0.3, -0.25) is 4.79 Å². The number of rotatable bonds is 7. The lowest BCUT2D eigenvalue weighted by Crippen LogP contribution is -2.27. The Kier molecular flexibility index (Phi) is 5.91. The maximum Gasteiger partial charge on any atom is 0.253 e. The van der Waals surface area contributed by atoms with Gasteiger partial charge in [-0.05, 0) is 42.5 Å². The third kappa shape index (κ3) is 4.65. The van der Waals surface area contributed by atoms with Crippen LogP contribution in [0.3, 0.4) is 0 Å². The van der Waals surface area contributed by atoms with E-state index >= 15 is 0 Å². The van der Waals surface area contributed by atoms with E-state index in [2.05, 4.69) is 4.72 Å². The van der Waals surface area contributed by atoms with E-state index in [0.717, 1.165) is 0 Å². The fraction of sp³-hybridized carbons (Fsp3) is 0.150. The Labute approximate surface area is 162 Å². The van der Waals surface area contributed by atoms with E-state index in [4.69, 9.17) is 4.42 Å². The Balaban J connectivity index is 1.67. The van der Waals surface area contributed by atoms with E-state index in [0.29, 0.717) is 16.9 Å². The molecule has 28 heavy (non-hydrogen) atoms. The van der Waals surface area contributed by atoms with Crippen LogP contribution in [0, 0.1) is 5.82 Å². The highest BCUT2D eigenvalue weighted by Gasteiger charge is 2.17. The maximum absolute atomic E-state index is 13.8. The van der Waals surface area contributed by atoms with Crippen LogP contribution < -0.4 is 4.72 Å². The van der Waals surface area contributed by atoms with Gasteiger partial charge in [-0.1, -0.05) is 18.2 Å². The summed E-state index contributed by atoms with van der Waals surface area (Å²) in [5, 5.41) is 0. The number of nitrogens with zero attached hydrogens (tertiary/aromatic N) is 1. The summed E-state index contributed by atoms with van der Waals surface area (Å²) >= 11 is 0. The number of sulfonamides is 1. The minimum absolute atomic E-state index is 0.0292. The molecule has 3 aromatic rings. The quantitative estimate of drug-likeness (QED) is 0.658. The van der Waals surface area contributed by atoms with Crippen molar-refractivity contribution in [3.05, 3.63) is 89.6 Å². The number of nitrogens with one attached hydrogen (secondary N) is 1. The second-order valence-electron chi connectivity index (χ2n) is 6.18. The van der Waals surface area contributed by atoms with Gasteiger partial charge < -0.3 is 9.32 Å². The summed E-state index contributed by atoms with van der Waals surface area (Å²) in [4.78, 5) is 13.9. The van der Waals surface area contributed by atoms with Crippen LogP contribution in [-0.2, 0) is 23.1 Å². The van der Waals surface area contributed by atoms with Crippen molar-refractivity contribution >= 4 is 15.9 Å². The van der Waals surface area contributed by atoms with Gasteiger partial charge in [0.15, 0.2) is 0 Å². The van der Waals surface area contributed by atoms with E-state index in [9.17, 15) is 17.6 Å². The van der Waals surface area contributed by atoms with Crippen LogP contribution in [0.5, 0.6) is 0 Å². The second kappa shape index (κ2) is 8.37. The van der Waals surface area contributed by atoms with Crippen LogP contribution in [0.2, 0.25) is 0 Å². The first-order chi connectivity index (χ1) is 13.4. The zero-order valence-corrected chi connectivity index (χ0v) is 15.9. The van der Waals surface area contributed by atoms with E-state index < -0.39 is 10.0 Å². The molecule has 0 radical (unpaired) electrons. The van der Waals surface area contributed by atoms with Crippen molar-refractivity contribution in [3.63, 3.8) is 0 Å². The first kappa shape index (κ1) is 19.8. The largest absolute Gasteiger partial charge is 0.468 e. The number of benzene rings is 2. The number of furan rings is 1. The monoisotopic (exact) mass is 402 g/mol. The Hall–Kier alpha value is -2.97. The molecule has 0 fully saturated rings. The van der Waals surface area contributed by atoms with Gasteiger partial charge in [0.1, 0.15) is 11.6 Å². The average molecular weight is 402 g/mol. The van der Waals surface area contributed by atoms with E-state index in [-0.39, 0.29) is 29.7 Å². The third-order valence-corrected chi connectivity index (χ3v) is 5.56. The lowest BCUT2D eigenvalue weighted by atomic mass is 10.1. The number of amides is 1. The Bertz CT molecular complexity index is 1050. The molecule has 0 aliphatic heterocycles. The van der Waals surface area contributed by atoms with Crippen LogP contribution in [0.4, 0.5) is 4.39 Å². The molecule has 0 saturated carbocycles. The Morgan fingerprint density at radius 1 is 1.07 bits per heavy atom. The van der Waals surface area contributed by atoms with Crippen molar-refractivity contribution in [3.8, 4) is 0 Å². The van der Waals surface area contributed by atoms with E-state index in [1.165, 1.54) is 41.5 Å². The van der Waals surface area contributed by atoms with Gasteiger partial charge in [0, 0.05) is 24.7 Å². The molecule has 1 N–H and O–H groups in total. The standard InChI is InChI=1S/C20H19FN2O4S/c1-23(14-16-5-2-3-7-19(16)21)20(24)15-8-10-18(11-9-15)28(25,26)22-13-17-6-4-12-27-17/h2-12,22H,13-14H2,1H3. The highest BCUT2D eigenvalue weighted by atomic mass is 32.2. The van der Waals surface area contributed by atoms with E-state index in [1.807, 2.05) is 0 Å². The molecule has 0 bridgehead atoms. The lowest BCUT2D eigenvalue weighted by molar-refractivity contribution is 0.0783. The molecule has 0 aliphatic carbocycles. The molecule has 0 unspecified atom stereocenters. The molecule has 8 heteroatoms. The SMILES string of the molecule is CN(Cc1ccccc1F)C(=O)c1ccc(S(=O)(=O)NCc2ccco2)cc1. The van der Waals surface area contributed by atoms with Crippen LogP contribution in [0.1, 0.15) is 21.7 Å². The van der Waals surface area contributed by atoms with Crippen molar-refractivity contribution in [1.82, 2.24) is 9.62 Å². The normalized spacial score (nSPS) is 11.4. The van der Waals surface area contributed by atoms with Crippen LogP contribution >= 0.6 is 0 Å². The minimum Gasteiger partial charge on any atom is -0.468 e. The zero-order chi connectivity index (χ0) is 20.1. The molecule has 1 amide bonds. The van der Waals surface area contributed by atoms with Crippen molar-refractivity contribution < 1.29 is 22.0 Å². The molecule has 1 heterocycles. The number of carbonyl (C=O) groups excluding carboxylic acids is 1. The topological polar surface area (TPSA) is 79.6 Å². The molecule has 6 nitrogen and oxygen atoms in total. The fourth-order valence-electron chi connectivity index (χ4n) is 2.61. The van der Waals surface area contributed by atoms with Gasteiger partial charge in [-0.25, -0.2) is 17.5 Å². The molecule has 0 spiro atoms. The average Bonchev–Trinajstić information content (AvgIpc) is 3.21. The maximum atomic E-state index is 13.8. The Morgan fingerprint density at radius 2 is 1.79 bits per heavy atom. The lowest BCUT2D eigenvalue weighted by Gasteiger charge is -2.18. The summed E-state index contributed by atoms with van der Waals surface area (Å²) in [5.41, 5.74) is 0.712. The van der Waals surface area contributed by atoms with E-state index in [1.54, 1.807) is 37.4 Å². The fourth-order valence-corrected chi connectivity index (χ4v) is 3.61. The molecular weight excluding hydrogens is 383 g/mol. The number of halogens is 1. The van der Waals surface area contributed by atoms with Crippen LogP contribution in [0.15, 0.2) is 76.2 Å². The zero-order valence-electron chi connectivity index (χ0n) is 15.1. The van der Waals surface area contributed by atoms with Crippen molar-refractivity contribution in [2.24, 2.45) is 0 Å². The van der Waals surface area contributed by atoms with Crippen molar-refractivity contribution in [2.75, 3.05) is 7.05 Å². The molecule has 0 aliphatic rings. The highest BCUT2D eigenvalue weighted by Crippen LogP contribution is 2.15. The first-order valence-corrected chi connectivity index (χ1v) is 9.96. The molecule has 1 aromatic heterocycles. The number of hydrogen-bond donors (Lipinski definition) is 1. The van der Waals surface area contributed by atoms with Crippen LogP contribution in [0.25, 0.3) is 0 Å². The number of hydrogen-bond acceptors (Lipinski definition) is 4. The highest BCUT2D eigenvalue weighted by molar-refractivity contribution is 7.89. The predicted molar refractivity (Wildman–Crippen MR) is 101 cm³/mol. The molecule has 0 saturated heterocycles. The van der Waals surface area contributed by atoms with Crippen molar-refractivity contribution in [2.45, 2.75) is 18.0 Å². The van der Waals surface area contributed by atoms with Gasteiger partial charge >= 0.3 is 0 Å². The Morgan fingerprint density at radius 3 is 2.43 bits per heavy atom. The summed E-state index contributed by atoms with van der Waals surface area (Å²) in [6.07, 6.45) is 1.46. The van der Waals surface area contributed by atoms with Gasteiger partial charge in [-0.2, -0.15) is 0 Å². The van der Waals surface area contributed by atoms with Gasteiger partial charge in [0.25, 0.3) is 5.91 Å². The predicted octanol–water partition coefficient (Wildman–Crippen LogP) is 3.17. The van der Waals surface area contributed by atoms with Gasteiger partial charge in [-0.15, -0.1) is 0 Å². The molecule has 2 aromatic carbocycles. The minimum atomic E-state index is -3.74. The van der Waals surface area contributed by atoms with Gasteiger partial charge in [0.2, 0.25) is 10.0 Å². The third-order valence-electron chi connectivity index (χ3n) is 4.14.